The molecule has 0 aliphatic heterocycles. The zero-order chi connectivity index (χ0) is 29.3. The number of esters is 1. The van der Waals surface area contributed by atoms with Gasteiger partial charge in [-0.05, 0) is 50.1 Å². The summed E-state index contributed by atoms with van der Waals surface area (Å²) in [7, 11) is 1.21. The summed E-state index contributed by atoms with van der Waals surface area (Å²) in [5.74, 6) is 6.57. The van der Waals surface area contributed by atoms with Gasteiger partial charge >= 0.3 is 5.97 Å². The van der Waals surface area contributed by atoms with Crippen molar-refractivity contribution in [2.24, 2.45) is 0 Å². The van der Waals surface area contributed by atoms with Gasteiger partial charge in [0.2, 0.25) is 0 Å². The topological polar surface area (TPSA) is 105 Å². The molecule has 0 atom stereocenters. The molecule has 1 saturated carbocycles. The first-order valence-corrected chi connectivity index (χ1v) is 13.6. The molecule has 11 heteroatoms. The zero-order valence-corrected chi connectivity index (χ0v) is 24.1. The Morgan fingerprint density at radius 1 is 1.10 bits per heavy atom. The van der Waals surface area contributed by atoms with Gasteiger partial charge in [0.15, 0.2) is 0 Å². The second-order valence-corrected chi connectivity index (χ2v) is 10.6. The Morgan fingerprint density at radius 2 is 1.83 bits per heavy atom. The normalized spacial score (nSPS) is 12.4. The molecule has 0 N–H and O–H groups in total. The third kappa shape index (κ3) is 6.03. The summed E-state index contributed by atoms with van der Waals surface area (Å²) in [4.78, 5) is 23.0. The quantitative estimate of drug-likeness (QED) is 0.0898. The van der Waals surface area contributed by atoms with E-state index in [4.69, 9.17) is 48.8 Å². The second-order valence-electron chi connectivity index (χ2n) is 9.34. The first-order chi connectivity index (χ1) is 19.7. The Morgan fingerprint density at radius 3 is 2.46 bits per heavy atom. The van der Waals surface area contributed by atoms with E-state index >= 15 is 0 Å². The second kappa shape index (κ2) is 11.8. The maximum atomic E-state index is 12.1. The number of rotatable bonds is 7. The lowest BCUT2D eigenvalue weighted by molar-refractivity contribution is -0.385. The number of nitrogens with zero attached hydrogens (tertiary/aromatic N) is 2. The predicted molar refractivity (Wildman–Crippen MR) is 155 cm³/mol. The number of nitro groups is 1. The van der Waals surface area contributed by atoms with E-state index < -0.39 is 10.9 Å². The minimum atomic E-state index is -0.689. The van der Waals surface area contributed by atoms with Crippen molar-refractivity contribution in [3.63, 3.8) is 0 Å². The molecule has 1 aromatic heterocycles. The smallest absolute Gasteiger partial charge is 0.338 e. The van der Waals surface area contributed by atoms with Gasteiger partial charge in [-0.25, -0.2) is 4.79 Å². The molecule has 0 radical (unpaired) electrons. The molecular weight excluding hydrogens is 591 g/mol. The van der Waals surface area contributed by atoms with Crippen LogP contribution in [0.1, 0.15) is 57.1 Å². The summed E-state index contributed by atoms with van der Waals surface area (Å²) in [5, 5.41) is 17.0. The van der Waals surface area contributed by atoms with Crippen molar-refractivity contribution in [1.29, 1.82) is 0 Å². The van der Waals surface area contributed by atoms with Crippen LogP contribution in [0, 0.1) is 28.9 Å². The first kappa shape index (κ1) is 28.5. The van der Waals surface area contributed by atoms with Crippen molar-refractivity contribution < 1.29 is 23.7 Å². The van der Waals surface area contributed by atoms with Crippen LogP contribution in [0.5, 0.6) is 5.75 Å². The van der Waals surface area contributed by atoms with Gasteiger partial charge in [0, 0.05) is 40.3 Å². The molecule has 0 saturated heterocycles. The highest BCUT2D eigenvalue weighted by Crippen LogP contribution is 2.46. The highest BCUT2D eigenvalue weighted by Gasteiger charge is 2.33. The zero-order valence-electron chi connectivity index (χ0n) is 21.8. The Hall–Kier alpha value is -4.03. The summed E-state index contributed by atoms with van der Waals surface area (Å²) in [6, 6.07) is 13.0. The highest BCUT2D eigenvalue weighted by molar-refractivity contribution is 6.39. The van der Waals surface area contributed by atoms with Crippen molar-refractivity contribution in [1.82, 2.24) is 5.16 Å². The van der Waals surface area contributed by atoms with E-state index in [9.17, 15) is 14.9 Å². The number of hydrogen-bond acceptors (Lipinski definition) is 7. The maximum absolute atomic E-state index is 12.1. The third-order valence-electron chi connectivity index (χ3n) is 6.61. The Bertz CT molecular complexity index is 1730. The molecule has 0 bridgehead atoms. The lowest BCUT2D eigenvalue weighted by Gasteiger charge is -2.10. The van der Waals surface area contributed by atoms with E-state index in [2.05, 4.69) is 17.0 Å². The number of halogens is 3. The molecule has 8 nitrogen and oxygen atoms in total. The van der Waals surface area contributed by atoms with Crippen LogP contribution in [0.3, 0.4) is 0 Å². The number of ether oxygens (including phenoxy) is 2. The molecule has 1 aliphatic carbocycles. The maximum Gasteiger partial charge on any atom is 0.338 e. The first-order valence-electron chi connectivity index (χ1n) is 12.4. The SMILES string of the molecule is COC(=O)c1cc(C#Cc2ccc(OCc3c(-c4c(Cl)cccc4Cl)noc3C3CC3)cc2Cl)cc([N+](=O)[O-])c1C. The van der Waals surface area contributed by atoms with Gasteiger partial charge < -0.3 is 14.0 Å². The third-order valence-corrected chi connectivity index (χ3v) is 7.56. The number of benzene rings is 3. The van der Waals surface area contributed by atoms with Crippen LogP contribution in [0.2, 0.25) is 15.1 Å². The van der Waals surface area contributed by atoms with E-state index in [1.807, 2.05) is 0 Å². The summed E-state index contributed by atoms with van der Waals surface area (Å²) >= 11 is 19.4. The van der Waals surface area contributed by atoms with Gasteiger partial charge in [-0.1, -0.05) is 57.9 Å². The fourth-order valence-corrected chi connectivity index (χ4v) is 5.11. The van der Waals surface area contributed by atoms with Crippen LogP contribution in [-0.4, -0.2) is 23.2 Å². The summed E-state index contributed by atoms with van der Waals surface area (Å²) in [6.07, 6.45) is 2.00. The van der Waals surface area contributed by atoms with Crippen LogP contribution >= 0.6 is 34.8 Å². The minimum Gasteiger partial charge on any atom is -0.489 e. The fraction of sp³-hybridized carbons (Fsp3) is 0.200. The van der Waals surface area contributed by atoms with Gasteiger partial charge in [-0.3, -0.25) is 10.1 Å². The average molecular weight is 612 g/mol. The summed E-state index contributed by atoms with van der Waals surface area (Å²) in [6.45, 7) is 1.63. The molecule has 4 aromatic rings. The van der Waals surface area contributed by atoms with Crippen molar-refractivity contribution in [2.45, 2.75) is 32.3 Å². The number of methoxy groups -OCH3 is 1. The van der Waals surface area contributed by atoms with Gasteiger partial charge in [0.1, 0.15) is 23.8 Å². The van der Waals surface area contributed by atoms with Gasteiger partial charge in [0.25, 0.3) is 5.69 Å². The van der Waals surface area contributed by atoms with Gasteiger partial charge in [-0.2, -0.15) is 0 Å². The van der Waals surface area contributed by atoms with Crippen molar-refractivity contribution in [3.05, 3.63) is 107 Å². The molecule has 3 aromatic carbocycles. The highest BCUT2D eigenvalue weighted by atomic mass is 35.5. The molecule has 208 valence electrons. The Kier molecular flexibility index (Phi) is 8.22. The van der Waals surface area contributed by atoms with E-state index in [1.54, 1.807) is 36.4 Å². The van der Waals surface area contributed by atoms with Crippen molar-refractivity contribution in [2.75, 3.05) is 7.11 Å². The predicted octanol–water partition coefficient (Wildman–Crippen LogP) is 8.16. The molecule has 41 heavy (non-hydrogen) atoms. The van der Waals surface area contributed by atoms with E-state index in [-0.39, 0.29) is 34.9 Å². The number of carbonyl (C=O) groups excluding carboxylic acids is 1. The number of nitro benzene ring substituents is 1. The molecule has 1 fully saturated rings. The molecular formula is C30H21Cl3N2O6. The lowest BCUT2D eigenvalue weighted by atomic mass is 10.0. The minimum absolute atomic E-state index is 0.0672. The molecule has 0 spiro atoms. The summed E-state index contributed by atoms with van der Waals surface area (Å²) < 4.78 is 16.5. The fourth-order valence-electron chi connectivity index (χ4n) is 4.31. The van der Waals surface area contributed by atoms with Crippen molar-refractivity contribution >= 4 is 46.5 Å². The molecule has 1 aliphatic rings. The summed E-state index contributed by atoms with van der Waals surface area (Å²) in [5.41, 5.74) is 2.66. The largest absolute Gasteiger partial charge is 0.489 e. The van der Waals surface area contributed by atoms with Gasteiger partial charge in [0.05, 0.1) is 38.2 Å². The van der Waals surface area contributed by atoms with Crippen LogP contribution < -0.4 is 4.74 Å². The van der Waals surface area contributed by atoms with Crippen molar-refractivity contribution in [3.8, 4) is 28.8 Å². The number of carbonyl (C=O) groups is 1. The Balaban J connectivity index is 1.40. The van der Waals surface area contributed by atoms with Crippen LogP contribution in [0.25, 0.3) is 11.3 Å². The molecule has 0 unspecified atom stereocenters. The number of hydrogen-bond donors (Lipinski definition) is 0. The average Bonchev–Trinajstić information content (AvgIpc) is 3.71. The van der Waals surface area contributed by atoms with E-state index in [1.165, 1.54) is 26.2 Å². The van der Waals surface area contributed by atoms with E-state index in [0.717, 1.165) is 24.2 Å². The molecule has 1 heterocycles. The Labute approximate surface area is 250 Å². The standard InChI is InChI=1S/C30H21Cl3N2O6/c1-16-21(30(36)39-2)12-17(13-26(16)35(37)38)6-7-18-10-11-20(14-25(18)33)40-15-22-28(34-41-29(22)19-8-9-19)27-23(31)4-3-5-24(27)32/h3-5,10-14,19H,8-9,15H2,1-2H3. The van der Waals surface area contributed by atoms with E-state index in [0.29, 0.717) is 37.6 Å². The monoisotopic (exact) mass is 610 g/mol. The molecule has 5 rings (SSSR count). The van der Waals surface area contributed by atoms with Crippen LogP contribution in [0.15, 0.2) is 53.1 Å². The van der Waals surface area contributed by atoms with Gasteiger partial charge in [-0.15, -0.1) is 0 Å². The van der Waals surface area contributed by atoms with Crippen LogP contribution in [-0.2, 0) is 11.3 Å². The lowest BCUT2D eigenvalue weighted by Crippen LogP contribution is -2.06. The molecule has 0 amide bonds. The number of aromatic nitrogens is 1. The van der Waals surface area contributed by atoms with Crippen LogP contribution in [0.4, 0.5) is 5.69 Å².